The molecule has 0 saturated heterocycles. The van der Waals surface area contributed by atoms with Gasteiger partial charge in [0, 0.05) is 45.5 Å². The van der Waals surface area contributed by atoms with Gasteiger partial charge >= 0.3 is 0 Å². The largest absolute Gasteiger partial charge is 0.314 e. The van der Waals surface area contributed by atoms with Crippen molar-refractivity contribution in [1.82, 2.24) is 0 Å². The molecule has 0 bridgehead atoms. The first-order valence-corrected chi connectivity index (χ1v) is 26.8. The average molecular weight is 973 g/mol. The number of hydrogen-bond acceptors (Lipinski definition) is 2. The van der Waals surface area contributed by atoms with Crippen LogP contribution in [-0.2, 0) is 10.8 Å². The lowest BCUT2D eigenvalue weighted by Gasteiger charge is -2.46. The van der Waals surface area contributed by atoms with Crippen molar-refractivity contribution in [3.8, 4) is 22.3 Å². The Bertz CT molecular complexity index is 3750. The molecule has 0 amide bonds. The molecule has 4 aliphatic carbocycles. The van der Waals surface area contributed by atoms with Gasteiger partial charge in [-0.25, -0.2) is 0 Å². The van der Waals surface area contributed by atoms with Crippen LogP contribution in [-0.4, -0.2) is 0 Å². The normalized spacial score (nSPS) is 18.9. The summed E-state index contributed by atoms with van der Waals surface area (Å²) in [6, 6.07) is 101. The first-order valence-electron chi connectivity index (χ1n) is 26.8. The number of allylic oxidation sites excluding steroid dienone is 8. The molecule has 0 spiro atoms. The molecule has 4 atom stereocenters. The fourth-order valence-corrected chi connectivity index (χ4v) is 14.1. The molecule has 10 aromatic carbocycles. The molecular formula is C74H56N2. The lowest BCUT2D eigenvalue weighted by atomic mass is 9.60. The van der Waals surface area contributed by atoms with Crippen LogP contribution in [0.2, 0.25) is 0 Å². The summed E-state index contributed by atoms with van der Waals surface area (Å²) in [5.41, 5.74) is 18.5. The van der Waals surface area contributed by atoms with E-state index in [0.717, 1.165) is 28.4 Å². The van der Waals surface area contributed by atoms with Crippen LogP contribution in [0, 0.1) is 23.7 Å². The van der Waals surface area contributed by atoms with Gasteiger partial charge in [-0.1, -0.05) is 255 Å². The Morgan fingerprint density at radius 3 is 1.38 bits per heavy atom. The van der Waals surface area contributed by atoms with Crippen molar-refractivity contribution in [2.24, 2.45) is 23.7 Å². The van der Waals surface area contributed by atoms with E-state index >= 15 is 0 Å². The monoisotopic (exact) mass is 972 g/mol. The van der Waals surface area contributed by atoms with Gasteiger partial charge in [0.25, 0.3) is 0 Å². The minimum Gasteiger partial charge on any atom is -0.314 e. The minimum atomic E-state index is -0.540. The molecule has 0 N–H and O–H groups in total. The topological polar surface area (TPSA) is 6.48 Å². The third-order valence-electron chi connectivity index (χ3n) is 17.0. The maximum atomic E-state index is 2.58. The van der Waals surface area contributed by atoms with Crippen molar-refractivity contribution >= 4 is 28.4 Å². The van der Waals surface area contributed by atoms with Crippen LogP contribution >= 0.6 is 0 Å². The first kappa shape index (κ1) is 45.4. The van der Waals surface area contributed by atoms with Crippen molar-refractivity contribution in [3.05, 3.63) is 355 Å². The van der Waals surface area contributed by atoms with E-state index in [0.29, 0.717) is 5.92 Å². The summed E-state index contributed by atoms with van der Waals surface area (Å²) in [7, 11) is 0. The molecule has 4 aliphatic rings. The number of fused-ring (bicyclic) bond motifs is 6. The second kappa shape index (κ2) is 18.9. The Hall–Kier alpha value is -9.24. The molecule has 14 rings (SSSR count). The summed E-state index contributed by atoms with van der Waals surface area (Å²) in [6.07, 6.45) is 16.8. The van der Waals surface area contributed by atoms with Crippen molar-refractivity contribution in [2.75, 3.05) is 9.80 Å². The third kappa shape index (κ3) is 7.16. The quantitative estimate of drug-likeness (QED) is 0.127. The number of anilines is 5. The summed E-state index contributed by atoms with van der Waals surface area (Å²) in [5, 5.41) is 0. The molecular weight excluding hydrogens is 917 g/mol. The SMILES string of the molecule is C1=CC2C3C=CC=C(N(c4ccc(-c5ccccc5)cc4)c4cccc(N(c5ccccc5)c5cccc(C6(c7ccccc7)c7ccccc7-c7ccccc76)c5)c4)C3C(c3ccccc3)(c3ccccc3)C2C=C1. The third-order valence-corrected chi connectivity index (χ3v) is 17.0. The number of nitrogens with zero attached hydrogens (tertiary/aromatic N) is 2. The van der Waals surface area contributed by atoms with Crippen LogP contribution in [0.4, 0.5) is 28.4 Å². The Labute approximate surface area is 447 Å². The molecule has 0 aromatic heterocycles. The zero-order chi connectivity index (χ0) is 50.5. The van der Waals surface area contributed by atoms with Gasteiger partial charge in [0.1, 0.15) is 0 Å². The number of para-hydroxylation sites is 1. The number of rotatable bonds is 11. The van der Waals surface area contributed by atoms with E-state index in [1.54, 1.807) is 0 Å². The molecule has 76 heavy (non-hydrogen) atoms. The Balaban J connectivity index is 0.973. The van der Waals surface area contributed by atoms with Gasteiger partial charge in [-0.15, -0.1) is 0 Å². The maximum absolute atomic E-state index is 2.58. The maximum Gasteiger partial charge on any atom is 0.0714 e. The molecule has 0 radical (unpaired) electrons. The lowest BCUT2D eigenvalue weighted by molar-refractivity contribution is 0.345. The van der Waals surface area contributed by atoms with Gasteiger partial charge in [-0.2, -0.15) is 0 Å². The summed E-state index contributed by atoms with van der Waals surface area (Å²) in [6.45, 7) is 0. The predicted octanol–water partition coefficient (Wildman–Crippen LogP) is 18.4. The highest BCUT2D eigenvalue weighted by molar-refractivity contribution is 5.88. The minimum absolute atomic E-state index is 0.0652. The fourth-order valence-electron chi connectivity index (χ4n) is 14.1. The molecule has 4 unspecified atom stereocenters. The van der Waals surface area contributed by atoms with Gasteiger partial charge in [-0.05, 0) is 134 Å². The Morgan fingerprint density at radius 2 is 0.750 bits per heavy atom. The van der Waals surface area contributed by atoms with Crippen LogP contribution < -0.4 is 9.80 Å². The molecule has 0 aliphatic heterocycles. The highest BCUT2D eigenvalue weighted by Gasteiger charge is 2.62. The standard InChI is InChI=1S/C74H56N2/c1-6-25-53(26-7-1)54-47-49-60(50-48-54)76(71-46-24-42-67-66-41-18-21-45-70(66)74(72(67)71,56-29-10-3-11-30-56)57-31-12-4-13-32-57)63-38-23-37-62(52-63)75(59-34-14-5-15-35-59)61-36-22-33-58(51-61)73(55-27-8-2-9-28-55)68-43-19-16-39-64(68)65-40-17-20-44-69(65)73/h1-52,66-67,70,72H. The number of benzene rings is 10. The van der Waals surface area contributed by atoms with E-state index in [1.165, 1.54) is 61.3 Å². The highest BCUT2D eigenvalue weighted by atomic mass is 15.2. The van der Waals surface area contributed by atoms with Crippen LogP contribution in [0.25, 0.3) is 22.3 Å². The number of hydrogen-bond donors (Lipinski definition) is 0. The Kier molecular flexibility index (Phi) is 11.3. The van der Waals surface area contributed by atoms with Gasteiger partial charge in [0.05, 0.1) is 5.41 Å². The predicted molar refractivity (Wildman–Crippen MR) is 316 cm³/mol. The second-order valence-electron chi connectivity index (χ2n) is 20.7. The first-order chi connectivity index (χ1) is 37.7. The average Bonchev–Trinajstić information content (AvgIpc) is 4.04. The van der Waals surface area contributed by atoms with Crippen LogP contribution in [0.15, 0.2) is 321 Å². The van der Waals surface area contributed by atoms with Crippen molar-refractivity contribution in [2.45, 2.75) is 10.8 Å². The molecule has 0 heterocycles. The summed E-state index contributed by atoms with van der Waals surface area (Å²) in [5.74, 6) is 0.807. The van der Waals surface area contributed by atoms with E-state index in [4.69, 9.17) is 0 Å². The second-order valence-corrected chi connectivity index (χ2v) is 20.7. The van der Waals surface area contributed by atoms with E-state index in [-0.39, 0.29) is 17.8 Å². The van der Waals surface area contributed by atoms with E-state index < -0.39 is 10.8 Å². The van der Waals surface area contributed by atoms with Crippen LogP contribution in [0.5, 0.6) is 0 Å². The summed E-state index contributed by atoms with van der Waals surface area (Å²) < 4.78 is 0. The molecule has 2 nitrogen and oxygen atoms in total. The van der Waals surface area contributed by atoms with Crippen molar-refractivity contribution in [1.29, 1.82) is 0 Å². The molecule has 1 fully saturated rings. The van der Waals surface area contributed by atoms with E-state index in [1.807, 2.05) is 0 Å². The smallest absolute Gasteiger partial charge is 0.0714 e. The molecule has 1 saturated carbocycles. The van der Waals surface area contributed by atoms with Gasteiger partial charge in [0.2, 0.25) is 0 Å². The van der Waals surface area contributed by atoms with Crippen LogP contribution in [0.1, 0.15) is 33.4 Å². The van der Waals surface area contributed by atoms with Crippen molar-refractivity contribution in [3.63, 3.8) is 0 Å². The van der Waals surface area contributed by atoms with Gasteiger partial charge in [0.15, 0.2) is 0 Å². The van der Waals surface area contributed by atoms with Gasteiger partial charge in [-0.3, -0.25) is 0 Å². The fraction of sp³-hybridized carbons (Fsp3) is 0.0811. The van der Waals surface area contributed by atoms with E-state index in [2.05, 4.69) is 325 Å². The Morgan fingerprint density at radius 1 is 0.303 bits per heavy atom. The molecule has 2 heteroatoms. The zero-order valence-corrected chi connectivity index (χ0v) is 42.2. The summed E-state index contributed by atoms with van der Waals surface area (Å²) >= 11 is 0. The zero-order valence-electron chi connectivity index (χ0n) is 42.2. The lowest BCUT2D eigenvalue weighted by Crippen LogP contribution is -2.43. The highest BCUT2D eigenvalue weighted by Crippen LogP contribution is 2.65. The van der Waals surface area contributed by atoms with E-state index in [9.17, 15) is 0 Å². The van der Waals surface area contributed by atoms with Crippen LogP contribution in [0.3, 0.4) is 0 Å². The molecule has 362 valence electrons. The molecule has 10 aromatic rings. The summed E-state index contributed by atoms with van der Waals surface area (Å²) in [4.78, 5) is 5.03. The van der Waals surface area contributed by atoms with Gasteiger partial charge < -0.3 is 9.80 Å². The van der Waals surface area contributed by atoms with Crippen molar-refractivity contribution < 1.29 is 0 Å².